The predicted octanol–water partition coefficient (Wildman–Crippen LogP) is 2.49. The fourth-order valence-electron chi connectivity index (χ4n) is 0.449. The van der Waals surface area contributed by atoms with Gasteiger partial charge in [0.25, 0.3) is 0 Å². The molecule has 1 nitrogen and oxygen atoms in total. The van der Waals surface area contributed by atoms with Crippen molar-refractivity contribution in [2.24, 2.45) is 5.92 Å². The summed E-state index contributed by atoms with van der Waals surface area (Å²) in [4.78, 5) is 0. The van der Waals surface area contributed by atoms with Crippen molar-refractivity contribution in [1.29, 1.82) is 0 Å². The zero-order chi connectivity index (χ0) is 6.57. The summed E-state index contributed by atoms with van der Waals surface area (Å²) in [5.41, 5.74) is 1.06. The maximum Gasteiger partial charge on any atom is 0.0783 e. The molecule has 0 saturated carbocycles. The van der Waals surface area contributed by atoms with E-state index in [2.05, 4.69) is 13.8 Å². The highest BCUT2D eigenvalue weighted by Crippen LogP contribution is 2.11. The van der Waals surface area contributed by atoms with Crippen LogP contribution in [0.1, 0.15) is 27.2 Å². The molecule has 1 N–H and O–H groups in total. The summed E-state index contributed by atoms with van der Waals surface area (Å²) in [5, 5.41) is 8.47. The van der Waals surface area contributed by atoms with Gasteiger partial charge in [-0.3, -0.25) is 0 Å². The Kier molecular flexibility index (Phi) is 3.33. The SMILES string of the molecule is CCC(C)/C(C)=C/O. The number of aliphatic hydroxyl groups excluding tert-OH is 1. The highest BCUT2D eigenvalue weighted by atomic mass is 16.2. The Hall–Kier alpha value is -0.460. The molecule has 0 spiro atoms. The molecule has 0 aromatic rings. The zero-order valence-corrected chi connectivity index (χ0v) is 5.81. The second-order valence-corrected chi connectivity index (χ2v) is 2.18. The number of hydrogen-bond acceptors (Lipinski definition) is 1. The first-order chi connectivity index (χ1) is 3.72. The minimum atomic E-state index is 0.528. The summed E-state index contributed by atoms with van der Waals surface area (Å²) in [7, 11) is 0. The van der Waals surface area contributed by atoms with Crippen LogP contribution in [0.3, 0.4) is 0 Å². The van der Waals surface area contributed by atoms with Crippen molar-refractivity contribution in [3.05, 3.63) is 11.8 Å². The van der Waals surface area contributed by atoms with E-state index in [1.807, 2.05) is 6.92 Å². The normalized spacial score (nSPS) is 16.1. The predicted molar refractivity (Wildman–Crippen MR) is 35.8 cm³/mol. The molecule has 1 unspecified atom stereocenters. The quantitative estimate of drug-likeness (QED) is 0.547. The van der Waals surface area contributed by atoms with Gasteiger partial charge in [-0.25, -0.2) is 0 Å². The lowest BCUT2D eigenvalue weighted by molar-refractivity contribution is 0.454. The number of rotatable bonds is 2. The lowest BCUT2D eigenvalue weighted by atomic mass is 10.0. The van der Waals surface area contributed by atoms with E-state index in [0.29, 0.717) is 5.92 Å². The summed E-state index contributed by atoms with van der Waals surface area (Å²) in [5.74, 6) is 0.528. The van der Waals surface area contributed by atoms with Crippen molar-refractivity contribution in [3.63, 3.8) is 0 Å². The minimum absolute atomic E-state index is 0.528. The van der Waals surface area contributed by atoms with Crippen molar-refractivity contribution in [2.45, 2.75) is 27.2 Å². The molecule has 0 aliphatic heterocycles. The van der Waals surface area contributed by atoms with Gasteiger partial charge in [0.15, 0.2) is 0 Å². The highest BCUT2D eigenvalue weighted by molar-refractivity contribution is 4.96. The van der Waals surface area contributed by atoms with Gasteiger partial charge in [0.05, 0.1) is 6.26 Å². The van der Waals surface area contributed by atoms with Gasteiger partial charge in [0.1, 0.15) is 0 Å². The van der Waals surface area contributed by atoms with E-state index in [1.54, 1.807) is 0 Å². The molecule has 0 bridgehead atoms. The molecule has 0 aliphatic rings. The molecule has 0 aromatic carbocycles. The molecule has 0 aliphatic carbocycles. The minimum Gasteiger partial charge on any atom is -0.516 e. The van der Waals surface area contributed by atoms with E-state index < -0.39 is 0 Å². The molecule has 8 heavy (non-hydrogen) atoms. The molecular formula is C7H14O. The Balaban J connectivity index is 3.63. The van der Waals surface area contributed by atoms with Gasteiger partial charge in [-0.2, -0.15) is 0 Å². The third-order valence-corrected chi connectivity index (χ3v) is 1.59. The Labute approximate surface area is 51.0 Å². The second-order valence-electron chi connectivity index (χ2n) is 2.18. The molecule has 0 amide bonds. The van der Waals surface area contributed by atoms with Crippen molar-refractivity contribution in [2.75, 3.05) is 0 Å². The van der Waals surface area contributed by atoms with Crippen molar-refractivity contribution in [3.8, 4) is 0 Å². The summed E-state index contributed by atoms with van der Waals surface area (Å²) in [6.45, 7) is 6.15. The van der Waals surface area contributed by atoms with E-state index in [9.17, 15) is 0 Å². The molecule has 0 fully saturated rings. The van der Waals surface area contributed by atoms with E-state index in [0.717, 1.165) is 12.0 Å². The average molecular weight is 114 g/mol. The van der Waals surface area contributed by atoms with Crippen LogP contribution in [-0.2, 0) is 0 Å². The van der Waals surface area contributed by atoms with E-state index in [1.165, 1.54) is 6.26 Å². The first-order valence-electron chi connectivity index (χ1n) is 3.03. The van der Waals surface area contributed by atoms with Crippen LogP contribution < -0.4 is 0 Å². The first-order valence-corrected chi connectivity index (χ1v) is 3.03. The average Bonchev–Trinajstić information content (AvgIpc) is 1.84. The molecule has 0 rings (SSSR count). The van der Waals surface area contributed by atoms with E-state index >= 15 is 0 Å². The van der Waals surface area contributed by atoms with Crippen LogP contribution in [0, 0.1) is 5.92 Å². The maximum absolute atomic E-state index is 8.47. The third-order valence-electron chi connectivity index (χ3n) is 1.59. The lowest BCUT2D eigenvalue weighted by Crippen LogP contribution is -1.92. The number of hydrogen-bond donors (Lipinski definition) is 1. The maximum atomic E-state index is 8.47. The van der Waals surface area contributed by atoms with Crippen molar-refractivity contribution in [1.82, 2.24) is 0 Å². The van der Waals surface area contributed by atoms with Crippen molar-refractivity contribution < 1.29 is 5.11 Å². The van der Waals surface area contributed by atoms with E-state index in [4.69, 9.17) is 5.11 Å². The van der Waals surface area contributed by atoms with Gasteiger partial charge >= 0.3 is 0 Å². The van der Waals surface area contributed by atoms with Gasteiger partial charge in [0, 0.05) is 0 Å². The van der Waals surface area contributed by atoms with Crippen LogP contribution in [0.25, 0.3) is 0 Å². The van der Waals surface area contributed by atoms with Crippen LogP contribution in [0.15, 0.2) is 11.8 Å². The fraction of sp³-hybridized carbons (Fsp3) is 0.714. The Morgan fingerprint density at radius 2 is 2.25 bits per heavy atom. The zero-order valence-electron chi connectivity index (χ0n) is 5.81. The number of allylic oxidation sites excluding steroid dienone is 1. The topological polar surface area (TPSA) is 20.2 Å². The standard InChI is InChI=1S/C7H14O/c1-4-6(2)7(3)5-8/h5-6,8H,4H2,1-3H3/b7-5+. The molecule has 0 radical (unpaired) electrons. The monoisotopic (exact) mass is 114 g/mol. The molecule has 0 saturated heterocycles. The van der Waals surface area contributed by atoms with Crippen LogP contribution in [0.5, 0.6) is 0 Å². The largest absolute Gasteiger partial charge is 0.516 e. The van der Waals surface area contributed by atoms with Gasteiger partial charge in [-0.1, -0.05) is 13.8 Å². The summed E-state index contributed by atoms with van der Waals surface area (Å²) in [6.07, 6.45) is 2.29. The molecule has 0 heterocycles. The molecule has 1 atom stereocenters. The van der Waals surface area contributed by atoms with Crippen molar-refractivity contribution >= 4 is 0 Å². The fourth-order valence-corrected chi connectivity index (χ4v) is 0.449. The van der Waals surface area contributed by atoms with E-state index in [-0.39, 0.29) is 0 Å². The summed E-state index contributed by atoms with van der Waals surface area (Å²) < 4.78 is 0. The van der Waals surface area contributed by atoms with Gasteiger partial charge in [0.2, 0.25) is 0 Å². The van der Waals surface area contributed by atoms with Gasteiger partial charge < -0.3 is 5.11 Å². The third kappa shape index (κ3) is 2.01. The summed E-state index contributed by atoms with van der Waals surface area (Å²) >= 11 is 0. The second kappa shape index (κ2) is 3.53. The smallest absolute Gasteiger partial charge is 0.0783 e. The lowest BCUT2D eigenvalue weighted by Gasteiger charge is -2.05. The van der Waals surface area contributed by atoms with Gasteiger partial charge in [-0.05, 0) is 24.8 Å². The number of aliphatic hydroxyl groups is 1. The van der Waals surface area contributed by atoms with Gasteiger partial charge in [-0.15, -0.1) is 0 Å². The molecule has 1 heteroatoms. The Morgan fingerprint density at radius 3 is 2.38 bits per heavy atom. The molecular weight excluding hydrogens is 100 g/mol. The van der Waals surface area contributed by atoms with Crippen LogP contribution in [0.4, 0.5) is 0 Å². The van der Waals surface area contributed by atoms with Crippen LogP contribution in [-0.4, -0.2) is 5.11 Å². The molecule has 48 valence electrons. The molecule has 0 aromatic heterocycles. The highest BCUT2D eigenvalue weighted by Gasteiger charge is 1.98. The first kappa shape index (κ1) is 7.54. The Bertz CT molecular complexity index is 84.4. The van der Waals surface area contributed by atoms with Crippen LogP contribution in [0.2, 0.25) is 0 Å². The summed E-state index contributed by atoms with van der Waals surface area (Å²) in [6, 6.07) is 0. The Morgan fingerprint density at radius 1 is 1.75 bits per heavy atom. The van der Waals surface area contributed by atoms with Crippen LogP contribution >= 0.6 is 0 Å².